The van der Waals surface area contributed by atoms with E-state index < -0.39 is 0 Å². The van der Waals surface area contributed by atoms with E-state index in [0.29, 0.717) is 6.04 Å². The highest BCUT2D eigenvalue weighted by atomic mass is 31.0. The van der Waals surface area contributed by atoms with Crippen molar-refractivity contribution in [3.63, 3.8) is 0 Å². The minimum absolute atomic E-state index is 0.201. The Hall–Kier alpha value is -0.360. The third-order valence-corrected chi connectivity index (χ3v) is 2.63. The minimum Gasteiger partial charge on any atom is -0.320 e. The summed E-state index contributed by atoms with van der Waals surface area (Å²) in [6.07, 6.45) is 5.11. The molecule has 1 heterocycles. The summed E-state index contributed by atoms with van der Waals surface area (Å²) < 4.78 is 1.74. The van der Waals surface area contributed by atoms with Crippen molar-refractivity contribution in [3.8, 4) is 0 Å². The monoisotopic (exact) mass is 141 g/mol. The molecule has 0 aromatic carbocycles. The van der Waals surface area contributed by atoms with Crippen LogP contribution < -0.4 is 0 Å². The summed E-state index contributed by atoms with van der Waals surface area (Å²) in [6, 6.07) is 0.382. The molecule has 3 heteroatoms. The number of nitrogens with zero attached hydrogens (tertiary/aromatic N) is 1. The van der Waals surface area contributed by atoms with Gasteiger partial charge in [-0.1, -0.05) is 12.2 Å². The van der Waals surface area contributed by atoms with Gasteiger partial charge in [0.1, 0.15) is 0 Å². The Morgan fingerprint density at radius 3 is 2.78 bits per heavy atom. The third kappa shape index (κ3) is 0.570. The number of hydrogen-bond acceptors (Lipinski definition) is 1. The Bertz CT molecular complexity index is 189. The van der Waals surface area contributed by atoms with Crippen LogP contribution in [0.1, 0.15) is 6.42 Å². The fourth-order valence-corrected chi connectivity index (χ4v) is 1.84. The molecular formula is C6H8NOP. The van der Waals surface area contributed by atoms with E-state index in [1.165, 1.54) is 0 Å². The maximum Gasteiger partial charge on any atom is 0.232 e. The first-order valence-electron chi connectivity index (χ1n) is 3.05. The number of hydrogen-bond donors (Lipinski definition) is 0. The van der Waals surface area contributed by atoms with Crippen LogP contribution >= 0.6 is 9.39 Å². The molecule has 3 atom stereocenters. The van der Waals surface area contributed by atoms with Crippen LogP contribution in [0.3, 0.4) is 0 Å². The zero-order valence-corrected chi connectivity index (χ0v) is 6.10. The predicted molar refractivity (Wildman–Crippen MR) is 37.6 cm³/mol. The minimum atomic E-state index is 0.201. The van der Waals surface area contributed by atoms with Gasteiger partial charge in [-0.15, -0.1) is 0 Å². The largest absolute Gasteiger partial charge is 0.320 e. The second-order valence-electron chi connectivity index (χ2n) is 2.54. The summed E-state index contributed by atoms with van der Waals surface area (Å²) in [7, 11) is 2.46. The average Bonchev–Trinajstić information content (AvgIpc) is 2.37. The van der Waals surface area contributed by atoms with Gasteiger partial charge in [-0.05, 0) is 15.8 Å². The van der Waals surface area contributed by atoms with Gasteiger partial charge in [-0.2, -0.15) is 0 Å². The van der Waals surface area contributed by atoms with Gasteiger partial charge >= 0.3 is 0 Å². The maximum atomic E-state index is 11.0. The van der Waals surface area contributed by atoms with Crippen molar-refractivity contribution < 1.29 is 4.79 Å². The summed E-state index contributed by atoms with van der Waals surface area (Å²) in [4.78, 5) is 11.0. The van der Waals surface area contributed by atoms with Crippen LogP contribution in [0.5, 0.6) is 0 Å². The van der Waals surface area contributed by atoms with E-state index in [-0.39, 0.29) is 11.8 Å². The van der Waals surface area contributed by atoms with E-state index in [4.69, 9.17) is 0 Å². The summed E-state index contributed by atoms with van der Waals surface area (Å²) in [6.45, 7) is 0. The molecule has 2 nitrogen and oxygen atoms in total. The number of fused-ring (bicyclic) bond motifs is 2. The lowest BCUT2D eigenvalue weighted by molar-refractivity contribution is -0.126. The van der Waals surface area contributed by atoms with Crippen molar-refractivity contribution in [1.29, 1.82) is 0 Å². The zero-order valence-electron chi connectivity index (χ0n) is 4.95. The van der Waals surface area contributed by atoms with E-state index in [9.17, 15) is 4.79 Å². The topological polar surface area (TPSA) is 20.3 Å². The molecule has 2 aliphatic rings. The standard InChI is InChI=1S/C6H8NOP/c8-6-4-1-2-5(3-4)7(6)9/h1-2,4-5H,3,9H2/t4-,5?/m1/s1. The number of rotatable bonds is 0. The molecule has 48 valence electrons. The van der Waals surface area contributed by atoms with Crippen LogP contribution in [0.25, 0.3) is 0 Å². The van der Waals surface area contributed by atoms with Gasteiger partial charge in [-0.3, -0.25) is 4.79 Å². The lowest BCUT2D eigenvalue weighted by Gasteiger charge is -2.16. The van der Waals surface area contributed by atoms with Gasteiger partial charge in [0.2, 0.25) is 5.91 Å². The van der Waals surface area contributed by atoms with Crippen molar-refractivity contribution in [2.24, 2.45) is 5.92 Å². The highest BCUT2D eigenvalue weighted by Crippen LogP contribution is 2.34. The summed E-state index contributed by atoms with van der Waals surface area (Å²) in [5.41, 5.74) is 0. The first kappa shape index (κ1) is 5.43. The molecule has 2 rings (SSSR count). The van der Waals surface area contributed by atoms with Gasteiger partial charge in [0.15, 0.2) is 0 Å². The van der Waals surface area contributed by atoms with Crippen LogP contribution in [-0.2, 0) is 4.79 Å². The van der Waals surface area contributed by atoms with Crippen LogP contribution in [0.2, 0.25) is 0 Å². The van der Waals surface area contributed by atoms with Crippen molar-refractivity contribution >= 4 is 15.3 Å². The number of amides is 1. The first-order chi connectivity index (χ1) is 4.29. The fraction of sp³-hybridized carbons (Fsp3) is 0.500. The molecule has 9 heavy (non-hydrogen) atoms. The Balaban J connectivity index is 2.36. The summed E-state index contributed by atoms with van der Waals surface area (Å²) in [5.74, 6) is 0.458. The molecule has 0 N–H and O–H groups in total. The van der Waals surface area contributed by atoms with Gasteiger partial charge in [0, 0.05) is 0 Å². The van der Waals surface area contributed by atoms with E-state index >= 15 is 0 Å². The smallest absolute Gasteiger partial charge is 0.232 e. The summed E-state index contributed by atoms with van der Waals surface area (Å²) >= 11 is 0. The van der Waals surface area contributed by atoms with Gasteiger partial charge in [-0.25, -0.2) is 0 Å². The van der Waals surface area contributed by atoms with E-state index in [1.807, 2.05) is 6.08 Å². The Labute approximate surface area is 56.2 Å². The third-order valence-electron chi connectivity index (χ3n) is 1.99. The molecule has 0 saturated carbocycles. The second-order valence-corrected chi connectivity index (χ2v) is 3.10. The van der Waals surface area contributed by atoms with Gasteiger partial charge < -0.3 is 4.67 Å². The van der Waals surface area contributed by atoms with Crippen LogP contribution in [0, 0.1) is 5.92 Å². The highest BCUT2D eigenvalue weighted by Gasteiger charge is 2.38. The van der Waals surface area contributed by atoms with Gasteiger partial charge in [0.25, 0.3) is 0 Å². The van der Waals surface area contributed by atoms with Crippen molar-refractivity contribution in [2.75, 3.05) is 0 Å². The molecule has 1 fully saturated rings. The molecule has 2 unspecified atom stereocenters. The average molecular weight is 141 g/mol. The molecule has 1 aliphatic heterocycles. The molecular weight excluding hydrogens is 133 g/mol. The lowest BCUT2D eigenvalue weighted by atomic mass is 10.1. The molecule has 0 aromatic heterocycles. The quantitative estimate of drug-likeness (QED) is 0.356. The van der Waals surface area contributed by atoms with E-state index in [1.54, 1.807) is 4.67 Å². The molecule has 0 spiro atoms. The SMILES string of the molecule is O=C1[C@@H]2C=CC(C2)N1P. The Morgan fingerprint density at radius 2 is 2.44 bits per heavy atom. The Morgan fingerprint density at radius 1 is 1.67 bits per heavy atom. The predicted octanol–water partition coefficient (Wildman–Crippen LogP) is 0.563. The van der Waals surface area contributed by atoms with Crippen LogP contribution in [0.15, 0.2) is 12.2 Å². The molecule has 1 amide bonds. The molecule has 0 aromatic rings. The fourth-order valence-electron chi connectivity index (χ4n) is 1.42. The first-order valence-corrected chi connectivity index (χ1v) is 3.57. The number of carbonyl (C=O) groups excluding carboxylic acids is 1. The number of carbonyl (C=O) groups is 1. The van der Waals surface area contributed by atoms with Crippen LogP contribution in [0.4, 0.5) is 0 Å². The molecule has 2 bridgehead atoms. The van der Waals surface area contributed by atoms with E-state index in [2.05, 4.69) is 15.5 Å². The van der Waals surface area contributed by atoms with E-state index in [0.717, 1.165) is 6.42 Å². The normalized spacial score (nSPS) is 38.8. The van der Waals surface area contributed by atoms with Crippen molar-refractivity contribution in [2.45, 2.75) is 12.5 Å². The maximum absolute atomic E-state index is 11.0. The second kappa shape index (κ2) is 1.57. The zero-order chi connectivity index (χ0) is 6.43. The highest BCUT2D eigenvalue weighted by molar-refractivity contribution is 7.14. The molecule has 0 radical (unpaired) electrons. The van der Waals surface area contributed by atoms with Crippen molar-refractivity contribution in [3.05, 3.63) is 12.2 Å². The van der Waals surface area contributed by atoms with Crippen LogP contribution in [-0.4, -0.2) is 16.6 Å². The van der Waals surface area contributed by atoms with Gasteiger partial charge in [0.05, 0.1) is 12.0 Å². The Kier molecular flexibility index (Phi) is 0.948. The molecule has 1 saturated heterocycles. The van der Waals surface area contributed by atoms with Crippen molar-refractivity contribution in [1.82, 2.24) is 4.67 Å². The lowest BCUT2D eigenvalue weighted by Crippen LogP contribution is -2.24. The summed E-state index contributed by atoms with van der Waals surface area (Å²) in [5, 5.41) is 0. The molecule has 1 aliphatic carbocycles.